The second kappa shape index (κ2) is 6.56. The van der Waals surface area contributed by atoms with Crippen molar-refractivity contribution in [3.8, 4) is 11.8 Å². The summed E-state index contributed by atoms with van der Waals surface area (Å²) < 4.78 is 5.19. The van der Waals surface area contributed by atoms with E-state index < -0.39 is 0 Å². The number of methoxy groups -OCH3 is 1. The standard InChI is InChI=1S/C15H13ClN2OS/c1-19-14-6-10(2-3-11(14)8-17)9-20-15-7-12(16)4-5-13(15)18/h2-7H,9,18H2,1H3. The first-order valence-electron chi connectivity index (χ1n) is 5.89. The van der Waals surface area contributed by atoms with Gasteiger partial charge >= 0.3 is 0 Å². The van der Waals surface area contributed by atoms with Crippen molar-refractivity contribution in [2.45, 2.75) is 10.6 Å². The fourth-order valence-electron chi connectivity index (χ4n) is 1.71. The summed E-state index contributed by atoms with van der Waals surface area (Å²) in [6.07, 6.45) is 0. The van der Waals surface area contributed by atoms with Crippen molar-refractivity contribution in [3.63, 3.8) is 0 Å². The molecule has 0 aliphatic rings. The molecule has 2 aromatic carbocycles. The van der Waals surface area contributed by atoms with Crippen LogP contribution in [0, 0.1) is 11.3 Å². The predicted molar refractivity (Wildman–Crippen MR) is 83.1 cm³/mol. The number of anilines is 1. The summed E-state index contributed by atoms with van der Waals surface area (Å²) in [5.41, 5.74) is 8.21. The highest BCUT2D eigenvalue weighted by molar-refractivity contribution is 7.98. The highest BCUT2D eigenvalue weighted by Crippen LogP contribution is 2.31. The van der Waals surface area contributed by atoms with E-state index in [2.05, 4.69) is 6.07 Å². The van der Waals surface area contributed by atoms with Crippen molar-refractivity contribution in [3.05, 3.63) is 52.5 Å². The van der Waals surface area contributed by atoms with Crippen LogP contribution in [0.4, 0.5) is 5.69 Å². The fraction of sp³-hybridized carbons (Fsp3) is 0.133. The zero-order chi connectivity index (χ0) is 14.5. The minimum absolute atomic E-state index is 0.531. The number of hydrogen-bond donors (Lipinski definition) is 1. The van der Waals surface area contributed by atoms with E-state index in [-0.39, 0.29) is 0 Å². The second-order valence-corrected chi connectivity index (χ2v) is 5.57. The third-order valence-electron chi connectivity index (χ3n) is 2.76. The van der Waals surface area contributed by atoms with Gasteiger partial charge in [-0.05, 0) is 35.9 Å². The van der Waals surface area contributed by atoms with E-state index >= 15 is 0 Å². The molecule has 0 heterocycles. The molecule has 2 aromatic rings. The molecule has 3 nitrogen and oxygen atoms in total. The Bertz CT molecular complexity index is 667. The van der Waals surface area contributed by atoms with Gasteiger partial charge in [0.05, 0.1) is 12.7 Å². The Labute approximate surface area is 127 Å². The second-order valence-electron chi connectivity index (χ2n) is 4.12. The SMILES string of the molecule is COc1cc(CSc2cc(Cl)ccc2N)ccc1C#N. The van der Waals surface area contributed by atoms with E-state index in [1.54, 1.807) is 37.1 Å². The molecule has 20 heavy (non-hydrogen) atoms. The van der Waals surface area contributed by atoms with E-state index in [0.29, 0.717) is 22.0 Å². The van der Waals surface area contributed by atoms with E-state index in [1.165, 1.54) is 0 Å². The van der Waals surface area contributed by atoms with Gasteiger partial charge < -0.3 is 10.5 Å². The van der Waals surface area contributed by atoms with Crippen molar-refractivity contribution in [1.29, 1.82) is 5.26 Å². The number of rotatable bonds is 4. The number of nitriles is 1. The largest absolute Gasteiger partial charge is 0.495 e. The number of benzene rings is 2. The number of nitrogens with zero attached hydrogens (tertiary/aromatic N) is 1. The van der Waals surface area contributed by atoms with Gasteiger partial charge in [-0.3, -0.25) is 0 Å². The summed E-state index contributed by atoms with van der Waals surface area (Å²) in [5, 5.41) is 9.61. The lowest BCUT2D eigenvalue weighted by Crippen LogP contribution is -1.91. The number of nitrogen functional groups attached to an aromatic ring is 1. The van der Waals surface area contributed by atoms with E-state index in [0.717, 1.165) is 16.2 Å². The number of thioether (sulfide) groups is 1. The molecule has 0 fully saturated rings. The molecule has 0 bridgehead atoms. The maximum Gasteiger partial charge on any atom is 0.136 e. The van der Waals surface area contributed by atoms with Gasteiger partial charge in [-0.15, -0.1) is 11.8 Å². The van der Waals surface area contributed by atoms with Gasteiger partial charge in [0.15, 0.2) is 0 Å². The molecule has 0 atom stereocenters. The summed E-state index contributed by atoms with van der Waals surface area (Å²) in [7, 11) is 1.56. The Kier molecular flexibility index (Phi) is 4.78. The normalized spacial score (nSPS) is 10.1. The Morgan fingerprint density at radius 1 is 1.30 bits per heavy atom. The number of nitrogens with two attached hydrogens (primary N) is 1. The predicted octanol–water partition coefficient (Wildman–Crippen LogP) is 4.09. The smallest absolute Gasteiger partial charge is 0.136 e. The maximum absolute atomic E-state index is 8.95. The molecule has 0 spiro atoms. The lowest BCUT2D eigenvalue weighted by Gasteiger charge is -2.08. The number of hydrogen-bond acceptors (Lipinski definition) is 4. The van der Waals surface area contributed by atoms with Crippen molar-refractivity contribution in [2.75, 3.05) is 12.8 Å². The summed E-state index contributed by atoms with van der Waals surface area (Å²) in [4.78, 5) is 0.945. The van der Waals surface area contributed by atoms with Gasteiger partial charge in [0, 0.05) is 21.4 Å². The molecule has 0 saturated heterocycles. The Morgan fingerprint density at radius 2 is 2.10 bits per heavy atom. The summed E-state index contributed by atoms with van der Waals surface area (Å²) >= 11 is 7.56. The molecular weight excluding hydrogens is 292 g/mol. The topological polar surface area (TPSA) is 59.0 Å². The van der Waals surface area contributed by atoms with Gasteiger partial charge in [0.2, 0.25) is 0 Å². The van der Waals surface area contributed by atoms with Gasteiger partial charge in [0.1, 0.15) is 11.8 Å². The molecule has 0 saturated carbocycles. The Hall–Kier alpha value is -1.83. The molecule has 0 aromatic heterocycles. The molecule has 5 heteroatoms. The zero-order valence-electron chi connectivity index (χ0n) is 10.9. The fourth-order valence-corrected chi connectivity index (χ4v) is 2.90. The average molecular weight is 305 g/mol. The van der Waals surface area contributed by atoms with Crippen LogP contribution in [0.5, 0.6) is 5.75 Å². The number of halogens is 1. The molecule has 0 radical (unpaired) electrons. The minimum atomic E-state index is 0.531. The van der Waals surface area contributed by atoms with Gasteiger partial charge in [-0.2, -0.15) is 5.26 Å². The maximum atomic E-state index is 8.95. The van der Waals surface area contributed by atoms with Gasteiger partial charge in [0.25, 0.3) is 0 Å². The molecule has 2 N–H and O–H groups in total. The van der Waals surface area contributed by atoms with E-state index in [9.17, 15) is 0 Å². The zero-order valence-corrected chi connectivity index (χ0v) is 12.5. The molecule has 0 aliphatic carbocycles. The van der Waals surface area contributed by atoms with Crippen molar-refractivity contribution < 1.29 is 4.74 Å². The van der Waals surface area contributed by atoms with Crippen molar-refractivity contribution in [2.24, 2.45) is 0 Å². The van der Waals surface area contributed by atoms with Gasteiger partial charge in [-0.25, -0.2) is 0 Å². The molecular formula is C15H13ClN2OS. The molecule has 0 amide bonds. The monoisotopic (exact) mass is 304 g/mol. The molecule has 0 aliphatic heterocycles. The van der Waals surface area contributed by atoms with Crippen molar-refractivity contribution >= 4 is 29.1 Å². The van der Waals surface area contributed by atoms with Gasteiger partial charge in [-0.1, -0.05) is 17.7 Å². The average Bonchev–Trinajstić information content (AvgIpc) is 2.47. The quantitative estimate of drug-likeness (QED) is 0.682. The highest BCUT2D eigenvalue weighted by atomic mass is 35.5. The summed E-state index contributed by atoms with van der Waals surface area (Å²) in [6, 6.07) is 13.0. The Balaban J connectivity index is 2.15. The molecule has 102 valence electrons. The van der Waals surface area contributed by atoms with Crippen LogP contribution in [-0.2, 0) is 5.75 Å². The highest BCUT2D eigenvalue weighted by Gasteiger charge is 2.06. The van der Waals surface area contributed by atoms with Crippen LogP contribution < -0.4 is 10.5 Å². The first-order chi connectivity index (χ1) is 9.63. The molecule has 0 unspecified atom stereocenters. The van der Waals surface area contributed by atoms with E-state index in [1.807, 2.05) is 18.2 Å². The van der Waals surface area contributed by atoms with Crippen LogP contribution in [0.3, 0.4) is 0 Å². The third-order valence-corrected chi connectivity index (χ3v) is 4.13. The summed E-state index contributed by atoms with van der Waals surface area (Å²) in [6.45, 7) is 0. The lowest BCUT2D eigenvalue weighted by molar-refractivity contribution is 0.413. The van der Waals surface area contributed by atoms with Crippen LogP contribution in [0.2, 0.25) is 5.02 Å². The van der Waals surface area contributed by atoms with Crippen LogP contribution in [0.1, 0.15) is 11.1 Å². The number of ether oxygens (including phenoxy) is 1. The van der Waals surface area contributed by atoms with Crippen LogP contribution in [-0.4, -0.2) is 7.11 Å². The minimum Gasteiger partial charge on any atom is -0.495 e. The van der Waals surface area contributed by atoms with Crippen LogP contribution in [0.25, 0.3) is 0 Å². The van der Waals surface area contributed by atoms with E-state index in [4.69, 9.17) is 27.3 Å². The third kappa shape index (κ3) is 3.38. The Morgan fingerprint density at radius 3 is 2.80 bits per heavy atom. The van der Waals surface area contributed by atoms with Crippen molar-refractivity contribution in [1.82, 2.24) is 0 Å². The first-order valence-corrected chi connectivity index (χ1v) is 7.25. The lowest BCUT2D eigenvalue weighted by atomic mass is 10.1. The summed E-state index contributed by atoms with van der Waals surface area (Å²) in [5.74, 6) is 1.32. The van der Waals surface area contributed by atoms with Crippen LogP contribution >= 0.6 is 23.4 Å². The van der Waals surface area contributed by atoms with Crippen LogP contribution in [0.15, 0.2) is 41.3 Å². The molecule has 2 rings (SSSR count). The first kappa shape index (κ1) is 14.6.